The summed E-state index contributed by atoms with van der Waals surface area (Å²) in [6.45, 7) is 4.14. The van der Waals surface area contributed by atoms with Crippen LogP contribution in [0.3, 0.4) is 0 Å². The Bertz CT molecular complexity index is 1460. The summed E-state index contributed by atoms with van der Waals surface area (Å²) in [5.41, 5.74) is 2.14. The zero-order chi connectivity index (χ0) is 34.8. The summed E-state index contributed by atoms with van der Waals surface area (Å²) in [6.07, 6.45) is 9.63. The standard InChI is InChI=1S/C18H23Cl5O2.C16H16N2O4/c1-2-3-4-5-6-7-8-9-10-11-12(24)25-18-16(22)14(20)13(19)15(21)17(18)23;1-11-5-3-6-12(9-11)18-16(20)22-14-8-4-7-13(10-14)17-15(19)21-2/h2-11H2,1H3;3-10H,1-2H3,(H,17,19)(H,18,20). The predicted molar refractivity (Wildman–Crippen MR) is 192 cm³/mol. The van der Waals surface area contributed by atoms with Crippen LogP contribution in [0.2, 0.25) is 25.1 Å². The van der Waals surface area contributed by atoms with Crippen molar-refractivity contribution in [3.05, 3.63) is 79.2 Å². The summed E-state index contributed by atoms with van der Waals surface area (Å²) in [5.74, 6) is -0.149. The predicted octanol–water partition coefficient (Wildman–Crippen LogP) is 12.6. The largest absolute Gasteiger partial charge is 0.453 e. The third-order valence-electron chi connectivity index (χ3n) is 6.61. The maximum Gasteiger partial charge on any atom is 0.417 e. The van der Waals surface area contributed by atoms with Crippen molar-refractivity contribution >= 4 is 87.5 Å². The lowest BCUT2D eigenvalue weighted by Crippen LogP contribution is -2.17. The molecule has 0 unspecified atom stereocenters. The number of unbranched alkanes of at least 4 members (excludes halogenated alkanes) is 8. The van der Waals surface area contributed by atoms with E-state index in [0.717, 1.165) is 24.8 Å². The lowest BCUT2D eigenvalue weighted by atomic mass is 10.1. The SMILES string of the molecule is CCCCCCCCCCCC(=O)Oc1c(Cl)c(Cl)c(Cl)c(Cl)c1Cl.COC(=O)Nc1cccc(OC(=O)Nc2cccc(C)c2)c1. The van der Waals surface area contributed by atoms with E-state index in [-0.39, 0.29) is 30.9 Å². The molecule has 47 heavy (non-hydrogen) atoms. The molecule has 0 fully saturated rings. The highest BCUT2D eigenvalue weighted by Gasteiger charge is 2.22. The first-order chi connectivity index (χ1) is 22.5. The minimum atomic E-state index is -0.610. The topological polar surface area (TPSA) is 103 Å². The van der Waals surface area contributed by atoms with Gasteiger partial charge >= 0.3 is 18.2 Å². The molecular formula is C34H39Cl5N2O6. The molecule has 8 nitrogen and oxygen atoms in total. The Hall–Kier alpha value is -2.88. The molecular weight excluding hydrogens is 710 g/mol. The van der Waals surface area contributed by atoms with Gasteiger partial charge in [-0.15, -0.1) is 0 Å². The molecule has 0 bridgehead atoms. The van der Waals surface area contributed by atoms with E-state index in [1.54, 1.807) is 24.3 Å². The van der Waals surface area contributed by atoms with Crippen molar-refractivity contribution in [3.63, 3.8) is 0 Å². The molecule has 0 saturated heterocycles. The molecule has 0 heterocycles. The van der Waals surface area contributed by atoms with Crippen molar-refractivity contribution in [2.75, 3.05) is 17.7 Å². The summed E-state index contributed by atoms with van der Waals surface area (Å²) in [5, 5.41) is 5.17. The van der Waals surface area contributed by atoms with Crippen LogP contribution in [0.15, 0.2) is 48.5 Å². The van der Waals surface area contributed by atoms with Gasteiger partial charge in [-0.3, -0.25) is 15.4 Å². The van der Waals surface area contributed by atoms with E-state index in [2.05, 4.69) is 22.3 Å². The summed E-state index contributed by atoms with van der Waals surface area (Å²) < 4.78 is 14.9. The minimum absolute atomic E-state index is 0.0125. The molecule has 256 valence electrons. The van der Waals surface area contributed by atoms with E-state index in [1.165, 1.54) is 51.7 Å². The van der Waals surface area contributed by atoms with Gasteiger partial charge in [-0.05, 0) is 43.2 Å². The molecule has 2 N–H and O–H groups in total. The number of carbonyl (C=O) groups excluding carboxylic acids is 3. The number of nitrogens with one attached hydrogen (secondary N) is 2. The second-order valence-electron chi connectivity index (χ2n) is 10.5. The molecule has 0 atom stereocenters. The number of benzene rings is 3. The molecule has 0 aromatic heterocycles. The average Bonchev–Trinajstić information content (AvgIpc) is 3.04. The molecule has 3 aromatic rings. The maximum absolute atomic E-state index is 12.0. The molecule has 0 aliphatic rings. The second-order valence-corrected chi connectivity index (χ2v) is 12.4. The Morgan fingerprint density at radius 3 is 1.72 bits per heavy atom. The van der Waals surface area contributed by atoms with Crippen LogP contribution in [0.25, 0.3) is 0 Å². The van der Waals surface area contributed by atoms with Crippen LogP contribution in [-0.4, -0.2) is 25.3 Å². The van der Waals surface area contributed by atoms with Gasteiger partial charge < -0.3 is 14.2 Å². The van der Waals surface area contributed by atoms with Crippen LogP contribution in [0.4, 0.5) is 21.0 Å². The molecule has 0 radical (unpaired) electrons. The first-order valence-electron chi connectivity index (χ1n) is 15.2. The lowest BCUT2D eigenvalue weighted by molar-refractivity contribution is -0.134. The number of ether oxygens (including phenoxy) is 3. The van der Waals surface area contributed by atoms with Gasteiger partial charge in [0.15, 0.2) is 5.75 Å². The number of anilines is 2. The fraction of sp³-hybridized carbons (Fsp3) is 0.382. The van der Waals surface area contributed by atoms with Crippen molar-refractivity contribution in [1.82, 2.24) is 0 Å². The van der Waals surface area contributed by atoms with E-state index in [1.807, 2.05) is 25.1 Å². The Morgan fingerprint density at radius 2 is 1.15 bits per heavy atom. The van der Waals surface area contributed by atoms with Crippen molar-refractivity contribution in [1.29, 1.82) is 0 Å². The van der Waals surface area contributed by atoms with Gasteiger partial charge in [0.1, 0.15) is 15.8 Å². The number of hydrogen-bond acceptors (Lipinski definition) is 6. The molecule has 13 heteroatoms. The second kappa shape index (κ2) is 21.9. The Balaban J connectivity index is 0.000000329. The first-order valence-corrected chi connectivity index (χ1v) is 17.1. The summed E-state index contributed by atoms with van der Waals surface area (Å²) >= 11 is 29.9. The highest BCUT2D eigenvalue weighted by atomic mass is 35.5. The van der Waals surface area contributed by atoms with Gasteiger partial charge in [-0.1, -0.05) is 134 Å². The van der Waals surface area contributed by atoms with Gasteiger partial charge in [0.2, 0.25) is 0 Å². The van der Waals surface area contributed by atoms with Gasteiger partial charge in [0.05, 0.1) is 22.2 Å². The Kier molecular flexibility index (Phi) is 18.8. The van der Waals surface area contributed by atoms with Gasteiger partial charge in [-0.25, -0.2) is 9.59 Å². The average molecular weight is 749 g/mol. The monoisotopic (exact) mass is 746 g/mol. The Labute approximate surface area is 301 Å². The zero-order valence-electron chi connectivity index (χ0n) is 26.5. The summed E-state index contributed by atoms with van der Waals surface area (Å²) in [7, 11) is 1.27. The number of aryl methyl sites for hydroxylation is 1. The van der Waals surface area contributed by atoms with Crippen molar-refractivity contribution in [2.24, 2.45) is 0 Å². The van der Waals surface area contributed by atoms with E-state index in [9.17, 15) is 14.4 Å². The van der Waals surface area contributed by atoms with Gasteiger partial charge in [0, 0.05) is 23.9 Å². The number of rotatable bonds is 14. The highest BCUT2D eigenvalue weighted by molar-refractivity contribution is 6.55. The normalized spacial score (nSPS) is 10.4. The van der Waals surface area contributed by atoms with E-state index >= 15 is 0 Å². The van der Waals surface area contributed by atoms with Crippen LogP contribution in [0.5, 0.6) is 11.5 Å². The lowest BCUT2D eigenvalue weighted by Gasteiger charge is -2.12. The summed E-state index contributed by atoms with van der Waals surface area (Å²) in [6, 6.07) is 13.8. The number of methoxy groups -OCH3 is 1. The van der Waals surface area contributed by atoms with Gasteiger partial charge in [-0.2, -0.15) is 0 Å². The third-order valence-corrected chi connectivity index (χ3v) is 8.85. The number of carbonyl (C=O) groups is 3. The minimum Gasteiger partial charge on any atom is -0.453 e. The van der Waals surface area contributed by atoms with E-state index in [0.29, 0.717) is 23.5 Å². The molecule has 3 aromatic carbocycles. The molecule has 3 rings (SSSR count). The van der Waals surface area contributed by atoms with Crippen LogP contribution in [0, 0.1) is 6.92 Å². The zero-order valence-corrected chi connectivity index (χ0v) is 30.3. The smallest absolute Gasteiger partial charge is 0.417 e. The van der Waals surface area contributed by atoms with Gasteiger partial charge in [0.25, 0.3) is 0 Å². The van der Waals surface area contributed by atoms with Crippen molar-refractivity contribution in [2.45, 2.75) is 78.1 Å². The Morgan fingerprint density at radius 1 is 0.638 bits per heavy atom. The highest BCUT2D eigenvalue weighted by Crippen LogP contribution is 2.48. The fourth-order valence-electron chi connectivity index (χ4n) is 4.20. The molecule has 0 aliphatic heterocycles. The van der Waals surface area contributed by atoms with E-state index < -0.39 is 18.2 Å². The van der Waals surface area contributed by atoms with Crippen LogP contribution in [-0.2, 0) is 9.53 Å². The quantitative estimate of drug-likeness (QED) is 0.0559. The van der Waals surface area contributed by atoms with E-state index in [4.69, 9.17) is 67.5 Å². The third kappa shape index (κ3) is 14.8. The number of halogens is 5. The summed E-state index contributed by atoms with van der Waals surface area (Å²) in [4.78, 5) is 34.9. The number of amides is 2. The van der Waals surface area contributed by atoms with Crippen LogP contribution in [0.1, 0.15) is 76.7 Å². The maximum atomic E-state index is 12.0. The molecule has 2 amide bonds. The molecule has 0 spiro atoms. The number of hydrogen-bond donors (Lipinski definition) is 2. The van der Waals surface area contributed by atoms with Crippen molar-refractivity contribution in [3.8, 4) is 11.5 Å². The van der Waals surface area contributed by atoms with Crippen molar-refractivity contribution < 1.29 is 28.6 Å². The fourth-order valence-corrected chi connectivity index (χ4v) is 5.40. The first kappa shape index (κ1) is 40.3. The molecule has 0 aliphatic carbocycles. The molecule has 0 saturated carbocycles. The van der Waals surface area contributed by atoms with Crippen LogP contribution < -0.4 is 20.1 Å². The number of esters is 1. The van der Waals surface area contributed by atoms with Crippen LogP contribution >= 0.6 is 58.0 Å².